The highest BCUT2D eigenvalue weighted by molar-refractivity contribution is 4.82. The smallest absolute Gasteiger partial charge is 0.0589 e. The van der Waals surface area contributed by atoms with E-state index in [1.807, 2.05) is 0 Å². The number of rotatable bonds is 8. The number of methoxy groups -OCH3 is 1. The third kappa shape index (κ3) is 5.34. The first-order valence-corrected chi connectivity index (χ1v) is 6.81. The zero-order chi connectivity index (χ0) is 12.5. The van der Waals surface area contributed by atoms with Crippen LogP contribution in [0.5, 0.6) is 0 Å². The van der Waals surface area contributed by atoms with E-state index in [-0.39, 0.29) is 6.61 Å². The van der Waals surface area contributed by atoms with Crippen LogP contribution in [0, 0.1) is 5.92 Å². The Morgan fingerprint density at radius 3 is 2.71 bits per heavy atom. The van der Waals surface area contributed by atoms with Crippen molar-refractivity contribution in [3.05, 3.63) is 0 Å². The molecule has 0 heterocycles. The molecule has 1 aliphatic rings. The summed E-state index contributed by atoms with van der Waals surface area (Å²) in [6.07, 6.45) is 5.29. The third-order valence-corrected chi connectivity index (χ3v) is 3.80. The average Bonchev–Trinajstić information content (AvgIpc) is 2.37. The molecule has 102 valence electrons. The Bertz CT molecular complexity index is 190. The molecule has 1 saturated carbocycles. The van der Waals surface area contributed by atoms with Crippen molar-refractivity contribution < 1.29 is 9.84 Å². The van der Waals surface area contributed by atoms with Crippen molar-refractivity contribution in [1.82, 2.24) is 10.2 Å². The van der Waals surface area contributed by atoms with Gasteiger partial charge in [0.15, 0.2) is 0 Å². The SMILES string of the molecule is CNC1CCCCC1CN(CCO)CCOC. The summed E-state index contributed by atoms with van der Waals surface area (Å²) in [4.78, 5) is 2.32. The largest absolute Gasteiger partial charge is 0.395 e. The van der Waals surface area contributed by atoms with E-state index in [2.05, 4.69) is 17.3 Å². The lowest BCUT2D eigenvalue weighted by Gasteiger charge is -2.35. The molecule has 17 heavy (non-hydrogen) atoms. The lowest BCUT2D eigenvalue weighted by Crippen LogP contribution is -2.44. The second-order valence-electron chi connectivity index (χ2n) is 4.96. The number of hydrogen-bond acceptors (Lipinski definition) is 4. The predicted octanol–water partition coefficient (Wildman–Crippen LogP) is 0.705. The first kappa shape index (κ1) is 14.9. The first-order chi connectivity index (χ1) is 8.31. The molecular formula is C13H28N2O2. The molecule has 0 amide bonds. The zero-order valence-corrected chi connectivity index (χ0v) is 11.3. The van der Waals surface area contributed by atoms with Gasteiger partial charge < -0.3 is 15.2 Å². The Morgan fingerprint density at radius 1 is 1.29 bits per heavy atom. The van der Waals surface area contributed by atoms with Gasteiger partial charge in [-0.05, 0) is 25.8 Å². The Hall–Kier alpha value is -0.160. The van der Waals surface area contributed by atoms with Crippen LogP contribution in [0.3, 0.4) is 0 Å². The fourth-order valence-corrected chi connectivity index (χ4v) is 2.79. The van der Waals surface area contributed by atoms with Gasteiger partial charge in [-0.3, -0.25) is 4.90 Å². The lowest BCUT2D eigenvalue weighted by molar-refractivity contribution is 0.104. The first-order valence-electron chi connectivity index (χ1n) is 6.81. The molecule has 0 spiro atoms. The van der Waals surface area contributed by atoms with Crippen LogP contribution in [0.15, 0.2) is 0 Å². The van der Waals surface area contributed by atoms with E-state index in [0.29, 0.717) is 6.04 Å². The van der Waals surface area contributed by atoms with Crippen molar-refractivity contribution >= 4 is 0 Å². The lowest BCUT2D eigenvalue weighted by atomic mass is 9.84. The number of nitrogens with one attached hydrogen (secondary N) is 1. The van der Waals surface area contributed by atoms with Gasteiger partial charge in [-0.2, -0.15) is 0 Å². The van der Waals surface area contributed by atoms with Gasteiger partial charge in [0.05, 0.1) is 13.2 Å². The van der Waals surface area contributed by atoms with Crippen molar-refractivity contribution in [3.8, 4) is 0 Å². The standard InChI is InChI=1S/C13H28N2O2/c1-14-13-6-4-3-5-12(13)11-15(7-9-16)8-10-17-2/h12-14,16H,3-11H2,1-2H3. The normalized spacial score (nSPS) is 25.4. The Balaban J connectivity index is 2.39. The van der Waals surface area contributed by atoms with Gasteiger partial charge in [0.2, 0.25) is 0 Å². The summed E-state index contributed by atoms with van der Waals surface area (Å²) in [6.45, 7) is 3.74. The molecule has 1 aliphatic carbocycles. The van der Waals surface area contributed by atoms with Gasteiger partial charge in [0, 0.05) is 32.8 Å². The van der Waals surface area contributed by atoms with E-state index in [0.717, 1.165) is 32.2 Å². The highest BCUT2D eigenvalue weighted by Gasteiger charge is 2.25. The van der Waals surface area contributed by atoms with E-state index < -0.39 is 0 Å². The maximum Gasteiger partial charge on any atom is 0.0589 e. The van der Waals surface area contributed by atoms with Gasteiger partial charge in [-0.25, -0.2) is 0 Å². The summed E-state index contributed by atoms with van der Waals surface area (Å²) in [5.74, 6) is 0.720. The summed E-state index contributed by atoms with van der Waals surface area (Å²) in [5, 5.41) is 12.5. The van der Waals surface area contributed by atoms with Gasteiger partial charge in [-0.15, -0.1) is 0 Å². The summed E-state index contributed by atoms with van der Waals surface area (Å²) in [6, 6.07) is 0.646. The molecule has 4 heteroatoms. The molecule has 0 radical (unpaired) electrons. The van der Waals surface area contributed by atoms with Crippen LogP contribution < -0.4 is 5.32 Å². The molecule has 0 aromatic heterocycles. The zero-order valence-electron chi connectivity index (χ0n) is 11.3. The minimum Gasteiger partial charge on any atom is -0.395 e. The minimum atomic E-state index is 0.237. The van der Waals surface area contributed by atoms with E-state index in [1.54, 1.807) is 7.11 Å². The number of ether oxygens (including phenoxy) is 1. The monoisotopic (exact) mass is 244 g/mol. The summed E-state index contributed by atoms with van der Waals surface area (Å²) in [5.41, 5.74) is 0. The van der Waals surface area contributed by atoms with Crippen LogP contribution >= 0.6 is 0 Å². The van der Waals surface area contributed by atoms with E-state index >= 15 is 0 Å². The topological polar surface area (TPSA) is 44.7 Å². The Kier molecular flexibility index (Phi) is 7.77. The van der Waals surface area contributed by atoms with Gasteiger partial charge >= 0.3 is 0 Å². The molecule has 0 bridgehead atoms. The summed E-state index contributed by atoms with van der Waals surface area (Å²) in [7, 11) is 3.79. The Morgan fingerprint density at radius 2 is 2.06 bits per heavy atom. The predicted molar refractivity (Wildman–Crippen MR) is 70.2 cm³/mol. The van der Waals surface area contributed by atoms with Crippen molar-refractivity contribution in [2.24, 2.45) is 5.92 Å². The van der Waals surface area contributed by atoms with Crippen LogP contribution in [0.1, 0.15) is 25.7 Å². The molecule has 0 aromatic carbocycles. The van der Waals surface area contributed by atoms with Crippen LogP contribution in [0.25, 0.3) is 0 Å². The molecular weight excluding hydrogens is 216 g/mol. The molecule has 4 nitrogen and oxygen atoms in total. The quantitative estimate of drug-likeness (QED) is 0.660. The maximum absolute atomic E-state index is 9.09. The number of nitrogens with zero attached hydrogens (tertiary/aromatic N) is 1. The van der Waals surface area contributed by atoms with Crippen molar-refractivity contribution in [2.75, 3.05) is 47.0 Å². The molecule has 0 aromatic rings. The second kappa shape index (κ2) is 8.86. The van der Waals surface area contributed by atoms with Gasteiger partial charge in [0.25, 0.3) is 0 Å². The second-order valence-corrected chi connectivity index (χ2v) is 4.96. The van der Waals surface area contributed by atoms with Crippen LogP contribution in [-0.4, -0.2) is 63.1 Å². The maximum atomic E-state index is 9.09. The number of hydrogen-bond donors (Lipinski definition) is 2. The summed E-state index contributed by atoms with van der Waals surface area (Å²) < 4.78 is 5.12. The fraction of sp³-hybridized carbons (Fsp3) is 1.00. The Labute approximate surface area is 105 Å². The average molecular weight is 244 g/mol. The van der Waals surface area contributed by atoms with E-state index in [9.17, 15) is 0 Å². The number of aliphatic hydroxyl groups excluding tert-OH is 1. The van der Waals surface area contributed by atoms with Gasteiger partial charge in [-0.1, -0.05) is 12.8 Å². The minimum absolute atomic E-state index is 0.237. The molecule has 1 rings (SSSR count). The highest BCUT2D eigenvalue weighted by Crippen LogP contribution is 2.24. The molecule has 2 atom stereocenters. The molecule has 1 fully saturated rings. The van der Waals surface area contributed by atoms with Crippen molar-refractivity contribution in [2.45, 2.75) is 31.7 Å². The van der Waals surface area contributed by atoms with Crippen LogP contribution in [-0.2, 0) is 4.74 Å². The molecule has 0 saturated heterocycles. The van der Waals surface area contributed by atoms with Gasteiger partial charge in [0.1, 0.15) is 0 Å². The van der Waals surface area contributed by atoms with Crippen molar-refractivity contribution in [1.29, 1.82) is 0 Å². The molecule has 2 unspecified atom stereocenters. The van der Waals surface area contributed by atoms with Crippen LogP contribution in [0.2, 0.25) is 0 Å². The van der Waals surface area contributed by atoms with E-state index in [4.69, 9.17) is 9.84 Å². The van der Waals surface area contributed by atoms with Crippen molar-refractivity contribution in [3.63, 3.8) is 0 Å². The van der Waals surface area contributed by atoms with Crippen LogP contribution in [0.4, 0.5) is 0 Å². The van der Waals surface area contributed by atoms with E-state index in [1.165, 1.54) is 25.7 Å². The molecule has 2 N–H and O–H groups in total. The fourth-order valence-electron chi connectivity index (χ4n) is 2.79. The molecule has 0 aliphatic heterocycles. The highest BCUT2D eigenvalue weighted by atomic mass is 16.5. The third-order valence-electron chi connectivity index (χ3n) is 3.80. The summed E-state index contributed by atoms with van der Waals surface area (Å²) >= 11 is 0. The number of aliphatic hydroxyl groups is 1.